The lowest BCUT2D eigenvalue weighted by atomic mass is 10.1. The van der Waals surface area contributed by atoms with Crippen molar-refractivity contribution in [2.45, 2.75) is 30.8 Å². The van der Waals surface area contributed by atoms with E-state index in [4.69, 9.17) is 0 Å². The van der Waals surface area contributed by atoms with E-state index in [1.807, 2.05) is 6.92 Å². The van der Waals surface area contributed by atoms with Gasteiger partial charge in [-0.15, -0.1) is 0 Å². The molecular formula is C10H18N4O2S. The third-order valence-corrected chi connectivity index (χ3v) is 5.00. The average Bonchev–Trinajstić information content (AvgIpc) is 2.85. The predicted molar refractivity (Wildman–Crippen MR) is 64.0 cm³/mol. The Labute approximate surface area is 101 Å². The van der Waals surface area contributed by atoms with Crippen LogP contribution in [0.25, 0.3) is 0 Å². The number of nitrogens with zero attached hydrogens (tertiary/aromatic N) is 2. The third-order valence-electron chi connectivity index (χ3n) is 3.05. The molecule has 1 saturated heterocycles. The van der Waals surface area contributed by atoms with Crippen molar-refractivity contribution in [3.63, 3.8) is 0 Å². The lowest BCUT2D eigenvalue weighted by Gasteiger charge is -2.32. The Morgan fingerprint density at radius 2 is 2.41 bits per heavy atom. The zero-order valence-electron chi connectivity index (χ0n) is 9.89. The number of imidazole rings is 1. The second kappa shape index (κ2) is 5.16. The normalized spacial score (nSPS) is 21.9. The van der Waals surface area contributed by atoms with Crippen LogP contribution >= 0.6 is 0 Å². The van der Waals surface area contributed by atoms with Crippen LogP contribution in [0.5, 0.6) is 0 Å². The van der Waals surface area contributed by atoms with Gasteiger partial charge in [-0.3, -0.25) is 0 Å². The molecular weight excluding hydrogens is 240 g/mol. The van der Waals surface area contributed by atoms with Gasteiger partial charge in [-0.2, -0.15) is 4.31 Å². The second-order valence-corrected chi connectivity index (χ2v) is 5.98. The number of nitrogens with one attached hydrogen (secondary N) is 2. The van der Waals surface area contributed by atoms with E-state index in [0.29, 0.717) is 6.54 Å². The highest BCUT2D eigenvalue weighted by Crippen LogP contribution is 2.19. The molecule has 1 aromatic heterocycles. The molecule has 0 saturated carbocycles. The number of rotatable bonds is 4. The van der Waals surface area contributed by atoms with Gasteiger partial charge in [-0.1, -0.05) is 6.92 Å². The first-order chi connectivity index (χ1) is 8.16. The number of hydrogen-bond acceptors (Lipinski definition) is 4. The van der Waals surface area contributed by atoms with E-state index in [9.17, 15) is 8.42 Å². The molecule has 1 unspecified atom stereocenters. The molecule has 2 heterocycles. The summed E-state index contributed by atoms with van der Waals surface area (Å²) >= 11 is 0. The van der Waals surface area contributed by atoms with Gasteiger partial charge in [0.25, 0.3) is 10.0 Å². The molecule has 0 spiro atoms. The van der Waals surface area contributed by atoms with Crippen LogP contribution in [0, 0.1) is 0 Å². The first-order valence-electron chi connectivity index (χ1n) is 5.87. The van der Waals surface area contributed by atoms with Crippen LogP contribution in [-0.2, 0) is 10.0 Å². The Morgan fingerprint density at radius 1 is 1.59 bits per heavy atom. The van der Waals surface area contributed by atoms with Crippen LogP contribution < -0.4 is 5.32 Å². The Bertz CT molecular complexity index is 437. The van der Waals surface area contributed by atoms with Gasteiger partial charge < -0.3 is 10.3 Å². The van der Waals surface area contributed by atoms with Crippen LogP contribution in [0.2, 0.25) is 0 Å². The van der Waals surface area contributed by atoms with Crippen molar-refractivity contribution in [2.75, 3.05) is 19.6 Å². The maximum Gasteiger partial charge on any atom is 0.260 e. The Hall–Kier alpha value is -0.920. The number of likely N-dealkylation sites (N-methyl/N-ethyl adjacent to an activating group) is 1. The summed E-state index contributed by atoms with van der Waals surface area (Å²) in [5, 5.41) is 3.41. The van der Waals surface area contributed by atoms with Crippen LogP contribution in [0.3, 0.4) is 0 Å². The fraction of sp³-hybridized carbons (Fsp3) is 0.700. The number of aromatic amines is 1. The monoisotopic (exact) mass is 258 g/mol. The van der Waals surface area contributed by atoms with E-state index in [1.54, 1.807) is 4.31 Å². The maximum atomic E-state index is 12.4. The third kappa shape index (κ3) is 2.51. The molecule has 0 aromatic carbocycles. The van der Waals surface area contributed by atoms with E-state index in [1.165, 1.54) is 12.5 Å². The van der Waals surface area contributed by atoms with E-state index < -0.39 is 10.0 Å². The van der Waals surface area contributed by atoms with Gasteiger partial charge in [-0.25, -0.2) is 13.4 Å². The van der Waals surface area contributed by atoms with E-state index >= 15 is 0 Å². The lowest BCUT2D eigenvalue weighted by Crippen LogP contribution is -2.48. The molecule has 2 rings (SSSR count). The van der Waals surface area contributed by atoms with Crippen molar-refractivity contribution in [3.8, 4) is 0 Å². The van der Waals surface area contributed by atoms with E-state index in [-0.39, 0.29) is 11.1 Å². The fourth-order valence-electron chi connectivity index (χ4n) is 2.21. The molecule has 2 N–H and O–H groups in total. The lowest BCUT2D eigenvalue weighted by molar-refractivity contribution is 0.274. The highest BCUT2D eigenvalue weighted by Gasteiger charge is 2.31. The molecule has 1 fully saturated rings. The Balaban J connectivity index is 2.23. The molecule has 0 radical (unpaired) electrons. The van der Waals surface area contributed by atoms with Gasteiger partial charge >= 0.3 is 0 Å². The van der Waals surface area contributed by atoms with E-state index in [2.05, 4.69) is 15.3 Å². The summed E-state index contributed by atoms with van der Waals surface area (Å²) in [4.78, 5) is 6.44. The first kappa shape index (κ1) is 12.5. The molecule has 0 amide bonds. The van der Waals surface area contributed by atoms with Crippen molar-refractivity contribution in [1.82, 2.24) is 19.6 Å². The van der Waals surface area contributed by atoms with Gasteiger partial charge in [0.1, 0.15) is 0 Å². The average molecular weight is 258 g/mol. The topological polar surface area (TPSA) is 78.1 Å². The van der Waals surface area contributed by atoms with Crippen LogP contribution in [0.1, 0.15) is 19.8 Å². The summed E-state index contributed by atoms with van der Waals surface area (Å²) in [5.74, 6) is 0. The Morgan fingerprint density at radius 3 is 2.94 bits per heavy atom. The number of hydrogen-bond donors (Lipinski definition) is 2. The highest BCUT2D eigenvalue weighted by molar-refractivity contribution is 7.89. The minimum absolute atomic E-state index is 0.0436. The Kier molecular flexibility index (Phi) is 3.80. The number of H-pyrrole nitrogens is 1. The number of aromatic nitrogens is 2. The zero-order chi connectivity index (χ0) is 12.3. The highest BCUT2D eigenvalue weighted by atomic mass is 32.2. The maximum absolute atomic E-state index is 12.4. The van der Waals surface area contributed by atoms with E-state index in [0.717, 1.165) is 25.9 Å². The van der Waals surface area contributed by atoms with Crippen LogP contribution in [0.15, 0.2) is 17.6 Å². The minimum Gasteiger partial charge on any atom is -0.335 e. The second-order valence-electron chi connectivity index (χ2n) is 4.12. The van der Waals surface area contributed by atoms with Crippen molar-refractivity contribution in [3.05, 3.63) is 12.5 Å². The molecule has 7 heteroatoms. The predicted octanol–water partition coefficient (Wildman–Crippen LogP) is 0.172. The smallest absolute Gasteiger partial charge is 0.260 e. The fourth-order valence-corrected chi connectivity index (χ4v) is 3.77. The minimum atomic E-state index is -3.43. The zero-order valence-corrected chi connectivity index (χ0v) is 10.7. The van der Waals surface area contributed by atoms with Crippen LogP contribution in [0.4, 0.5) is 0 Å². The van der Waals surface area contributed by atoms with Crippen molar-refractivity contribution < 1.29 is 8.42 Å². The summed E-state index contributed by atoms with van der Waals surface area (Å²) in [6.07, 6.45) is 4.67. The van der Waals surface area contributed by atoms with Gasteiger partial charge in [-0.05, 0) is 19.4 Å². The molecule has 0 aliphatic carbocycles. The van der Waals surface area contributed by atoms with Crippen LogP contribution in [-0.4, -0.2) is 48.4 Å². The number of sulfonamides is 1. The SMILES string of the molecule is CCN(C1CCCNC1)S(=O)(=O)c1cnc[nH]1. The molecule has 1 aliphatic heterocycles. The molecule has 0 bridgehead atoms. The molecule has 1 aromatic rings. The van der Waals surface area contributed by atoms with Gasteiger partial charge in [0.05, 0.1) is 12.5 Å². The molecule has 96 valence electrons. The van der Waals surface area contributed by atoms with Crippen molar-refractivity contribution in [1.29, 1.82) is 0 Å². The summed E-state index contributed by atoms with van der Waals surface area (Å²) in [5.41, 5.74) is 0. The summed E-state index contributed by atoms with van der Waals surface area (Å²) in [6, 6.07) is 0.0436. The number of piperidine rings is 1. The molecule has 1 atom stereocenters. The molecule has 1 aliphatic rings. The first-order valence-corrected chi connectivity index (χ1v) is 7.31. The summed E-state index contributed by atoms with van der Waals surface area (Å²) in [7, 11) is -3.43. The van der Waals surface area contributed by atoms with Gasteiger partial charge in [0, 0.05) is 19.1 Å². The molecule has 6 nitrogen and oxygen atoms in total. The summed E-state index contributed by atoms with van der Waals surface area (Å²) < 4.78 is 26.2. The standard InChI is InChI=1S/C10H18N4O2S/c1-2-14(9-4-3-5-11-6-9)17(15,16)10-7-12-8-13-10/h7-9,11H,2-6H2,1H3,(H,12,13). The largest absolute Gasteiger partial charge is 0.335 e. The van der Waals surface area contributed by atoms with Crippen molar-refractivity contribution >= 4 is 10.0 Å². The van der Waals surface area contributed by atoms with Gasteiger partial charge in [0.2, 0.25) is 0 Å². The summed E-state index contributed by atoms with van der Waals surface area (Å²) in [6.45, 7) is 4.04. The quantitative estimate of drug-likeness (QED) is 0.807. The molecule has 17 heavy (non-hydrogen) atoms. The van der Waals surface area contributed by atoms with Gasteiger partial charge in [0.15, 0.2) is 5.03 Å². The van der Waals surface area contributed by atoms with Crippen molar-refractivity contribution in [2.24, 2.45) is 0 Å².